The van der Waals surface area contributed by atoms with Crippen LogP contribution in [-0.2, 0) is 13.1 Å². The molecule has 0 aliphatic carbocycles. The summed E-state index contributed by atoms with van der Waals surface area (Å²) in [5.74, 6) is 0.568. The fraction of sp³-hybridized carbons (Fsp3) is 0.292. The van der Waals surface area contributed by atoms with Crippen molar-refractivity contribution in [2.24, 2.45) is 5.92 Å². The van der Waals surface area contributed by atoms with Crippen molar-refractivity contribution in [2.75, 3.05) is 18.4 Å². The highest BCUT2D eigenvalue weighted by Gasteiger charge is 2.23. The summed E-state index contributed by atoms with van der Waals surface area (Å²) in [7, 11) is 0. The fourth-order valence-electron chi connectivity index (χ4n) is 4.27. The number of piperidine rings is 1. The summed E-state index contributed by atoms with van der Waals surface area (Å²) >= 11 is 8.14. The van der Waals surface area contributed by atoms with E-state index in [0.29, 0.717) is 51.5 Å². The molecule has 10 heteroatoms. The van der Waals surface area contributed by atoms with Gasteiger partial charge in [0.1, 0.15) is 23.0 Å². The Kier molecular flexibility index (Phi) is 6.94. The second-order valence-electron chi connectivity index (χ2n) is 8.35. The van der Waals surface area contributed by atoms with Crippen molar-refractivity contribution in [3.8, 4) is 11.4 Å². The Morgan fingerprint density at radius 3 is 2.85 bits per heavy atom. The highest BCUT2D eigenvalue weighted by molar-refractivity contribution is 14.1. The lowest BCUT2D eigenvalue weighted by Crippen LogP contribution is -2.32. The smallest absolute Gasteiger partial charge is 0.225 e. The second kappa shape index (κ2) is 10.1. The molecule has 0 saturated carbocycles. The summed E-state index contributed by atoms with van der Waals surface area (Å²) in [4.78, 5) is 13.8. The minimum absolute atomic E-state index is 0.177. The maximum atomic E-state index is 14.9. The van der Waals surface area contributed by atoms with Crippen LogP contribution in [-0.4, -0.2) is 32.6 Å². The number of hydrogen-bond acceptors (Lipinski definition) is 5. The molecule has 1 fully saturated rings. The van der Waals surface area contributed by atoms with Gasteiger partial charge in [-0.2, -0.15) is 4.98 Å². The number of anilines is 1. The summed E-state index contributed by atoms with van der Waals surface area (Å²) in [6, 6.07) is 9.41. The molecule has 34 heavy (non-hydrogen) atoms. The van der Waals surface area contributed by atoms with Gasteiger partial charge in [0.2, 0.25) is 5.95 Å². The molecule has 3 heterocycles. The first-order valence-electron chi connectivity index (χ1n) is 11.1. The summed E-state index contributed by atoms with van der Waals surface area (Å²) in [6.45, 7) is 2.73. The van der Waals surface area contributed by atoms with E-state index in [2.05, 4.69) is 38.2 Å². The Morgan fingerprint density at radius 1 is 1.18 bits per heavy atom. The largest absolute Gasteiger partial charge is 0.350 e. The van der Waals surface area contributed by atoms with E-state index in [1.165, 1.54) is 18.2 Å². The van der Waals surface area contributed by atoms with Gasteiger partial charge in [-0.1, -0.05) is 17.7 Å². The SMILES string of the molecule is Fc1ccc(Cl)cc1CNc1ncc2nc(-c3c(F)cccc3I)n(C[C@@H]3CCCNC3)c2n1. The highest BCUT2D eigenvalue weighted by atomic mass is 127. The lowest BCUT2D eigenvalue weighted by molar-refractivity contribution is 0.341. The molecule has 1 aliphatic rings. The first-order chi connectivity index (χ1) is 16.5. The molecule has 2 N–H and O–H groups in total. The van der Waals surface area contributed by atoms with E-state index in [4.69, 9.17) is 21.6 Å². The minimum atomic E-state index is -0.357. The number of imidazole rings is 1. The van der Waals surface area contributed by atoms with Gasteiger partial charge in [-0.25, -0.2) is 18.7 Å². The lowest BCUT2D eigenvalue weighted by Gasteiger charge is -2.24. The van der Waals surface area contributed by atoms with Crippen LogP contribution in [0.3, 0.4) is 0 Å². The molecular formula is C24H22ClF2IN6. The number of rotatable bonds is 6. The zero-order chi connectivity index (χ0) is 23.7. The zero-order valence-electron chi connectivity index (χ0n) is 18.2. The van der Waals surface area contributed by atoms with E-state index >= 15 is 0 Å². The van der Waals surface area contributed by atoms with Crippen LogP contribution in [0.15, 0.2) is 42.6 Å². The van der Waals surface area contributed by atoms with Crippen molar-refractivity contribution in [2.45, 2.75) is 25.9 Å². The van der Waals surface area contributed by atoms with Crippen LogP contribution in [0.5, 0.6) is 0 Å². The van der Waals surface area contributed by atoms with Crippen LogP contribution in [0.25, 0.3) is 22.6 Å². The molecule has 176 valence electrons. The number of benzene rings is 2. The van der Waals surface area contributed by atoms with E-state index < -0.39 is 0 Å². The first kappa shape index (κ1) is 23.4. The number of nitrogens with zero attached hydrogens (tertiary/aromatic N) is 4. The predicted octanol–water partition coefficient (Wildman–Crippen LogP) is 5.64. The molecule has 4 aromatic rings. The predicted molar refractivity (Wildman–Crippen MR) is 138 cm³/mol. The summed E-state index contributed by atoms with van der Waals surface area (Å²) in [5.41, 5.74) is 2.07. The Balaban J connectivity index is 1.54. The Hall–Kier alpha value is -2.37. The Bertz CT molecular complexity index is 1320. The van der Waals surface area contributed by atoms with Crippen molar-refractivity contribution in [1.29, 1.82) is 0 Å². The average molecular weight is 595 g/mol. The third-order valence-electron chi connectivity index (χ3n) is 5.96. The maximum absolute atomic E-state index is 14.9. The van der Waals surface area contributed by atoms with Gasteiger partial charge in [0.15, 0.2) is 5.65 Å². The van der Waals surface area contributed by atoms with E-state index in [0.717, 1.165) is 29.5 Å². The Labute approximate surface area is 214 Å². The summed E-state index contributed by atoms with van der Waals surface area (Å²) in [5, 5.41) is 6.97. The van der Waals surface area contributed by atoms with Crippen molar-refractivity contribution in [3.05, 3.63) is 68.4 Å². The quantitative estimate of drug-likeness (QED) is 0.283. The van der Waals surface area contributed by atoms with Gasteiger partial charge in [-0.05, 0) is 84.8 Å². The van der Waals surface area contributed by atoms with Gasteiger partial charge in [-0.15, -0.1) is 0 Å². The van der Waals surface area contributed by atoms with Crippen LogP contribution < -0.4 is 10.6 Å². The molecule has 1 atom stereocenters. The van der Waals surface area contributed by atoms with E-state index in [1.807, 2.05) is 10.6 Å². The van der Waals surface area contributed by atoms with Crippen molar-refractivity contribution in [3.63, 3.8) is 0 Å². The topological polar surface area (TPSA) is 67.7 Å². The van der Waals surface area contributed by atoms with Gasteiger partial charge in [0.05, 0.1) is 11.8 Å². The fourth-order valence-corrected chi connectivity index (χ4v) is 5.17. The molecule has 2 aromatic heterocycles. The average Bonchev–Trinajstić information content (AvgIpc) is 3.17. The third-order valence-corrected chi connectivity index (χ3v) is 7.09. The third kappa shape index (κ3) is 4.87. The van der Waals surface area contributed by atoms with E-state index in [9.17, 15) is 8.78 Å². The molecule has 1 saturated heterocycles. The lowest BCUT2D eigenvalue weighted by atomic mass is 9.99. The Morgan fingerprint density at radius 2 is 2.06 bits per heavy atom. The number of hydrogen-bond donors (Lipinski definition) is 2. The van der Waals surface area contributed by atoms with Gasteiger partial charge in [-0.3, -0.25) is 0 Å². The molecule has 2 aromatic carbocycles. The molecule has 0 unspecified atom stereocenters. The van der Waals surface area contributed by atoms with Crippen LogP contribution in [0.4, 0.5) is 14.7 Å². The standard InChI is InChI=1S/C24H22ClF2IN6/c25-16-6-7-17(26)15(9-16)11-30-24-31-12-20-22(33-24)34(13-14-3-2-8-29-10-14)23(32-20)21-18(27)4-1-5-19(21)28/h1,4-7,9,12,14,29H,2-3,8,10-11,13H2,(H,30,31,33)/t14-/m1/s1. The van der Waals surface area contributed by atoms with Gasteiger partial charge < -0.3 is 15.2 Å². The second-order valence-corrected chi connectivity index (χ2v) is 9.95. The highest BCUT2D eigenvalue weighted by Crippen LogP contribution is 2.31. The monoisotopic (exact) mass is 594 g/mol. The van der Waals surface area contributed by atoms with E-state index in [-0.39, 0.29) is 18.2 Å². The van der Waals surface area contributed by atoms with E-state index in [1.54, 1.807) is 18.3 Å². The summed E-state index contributed by atoms with van der Waals surface area (Å²) < 4.78 is 31.8. The van der Waals surface area contributed by atoms with Crippen LogP contribution >= 0.6 is 34.2 Å². The molecule has 0 bridgehead atoms. The van der Waals surface area contributed by atoms with Crippen molar-refractivity contribution >= 4 is 51.3 Å². The van der Waals surface area contributed by atoms with Crippen LogP contribution in [0.2, 0.25) is 5.02 Å². The van der Waals surface area contributed by atoms with Gasteiger partial charge in [0, 0.05) is 27.2 Å². The first-order valence-corrected chi connectivity index (χ1v) is 12.5. The minimum Gasteiger partial charge on any atom is -0.350 e. The molecule has 0 amide bonds. The molecule has 0 radical (unpaired) electrons. The number of fused-ring (bicyclic) bond motifs is 1. The zero-order valence-corrected chi connectivity index (χ0v) is 21.1. The van der Waals surface area contributed by atoms with Crippen molar-refractivity contribution in [1.82, 2.24) is 24.8 Å². The summed E-state index contributed by atoms with van der Waals surface area (Å²) in [6.07, 6.45) is 3.79. The number of nitrogens with one attached hydrogen (secondary N) is 2. The molecular weight excluding hydrogens is 573 g/mol. The molecule has 1 aliphatic heterocycles. The van der Waals surface area contributed by atoms with Gasteiger partial charge >= 0.3 is 0 Å². The molecule has 6 nitrogen and oxygen atoms in total. The van der Waals surface area contributed by atoms with Crippen LogP contribution in [0, 0.1) is 21.1 Å². The number of halogens is 4. The van der Waals surface area contributed by atoms with Gasteiger partial charge in [0.25, 0.3) is 0 Å². The molecule has 5 rings (SSSR count). The molecule has 0 spiro atoms. The van der Waals surface area contributed by atoms with Crippen molar-refractivity contribution < 1.29 is 8.78 Å². The van der Waals surface area contributed by atoms with Crippen LogP contribution in [0.1, 0.15) is 18.4 Å². The maximum Gasteiger partial charge on any atom is 0.225 e. The normalized spacial score (nSPS) is 16.2. The number of aromatic nitrogens is 4.